The van der Waals surface area contributed by atoms with Gasteiger partial charge in [0.15, 0.2) is 0 Å². The molecule has 4 aromatic carbocycles. The van der Waals surface area contributed by atoms with Crippen LogP contribution in [0, 0.1) is 13.8 Å². The molecule has 8 rings (SSSR count). The summed E-state index contributed by atoms with van der Waals surface area (Å²) in [6.07, 6.45) is 3.69. The maximum absolute atomic E-state index is 6.49. The van der Waals surface area contributed by atoms with Crippen molar-refractivity contribution >= 4 is 35.3 Å². The molecule has 0 radical (unpaired) electrons. The Labute approximate surface area is 245 Å². The van der Waals surface area contributed by atoms with Crippen LogP contribution in [0.15, 0.2) is 128 Å². The summed E-state index contributed by atoms with van der Waals surface area (Å²) < 4.78 is 6.49. The number of rotatable bonds is 4. The second-order valence-electron chi connectivity index (χ2n) is 10.8. The molecule has 2 aromatic heterocycles. The lowest BCUT2D eigenvalue weighted by atomic mass is 9.59. The number of para-hydroxylation sites is 1. The van der Waals surface area contributed by atoms with E-state index < -0.39 is 0 Å². The molecule has 0 N–H and O–H groups in total. The zero-order valence-electron chi connectivity index (χ0n) is 23.4. The summed E-state index contributed by atoms with van der Waals surface area (Å²) in [6, 6.07) is 39.8. The van der Waals surface area contributed by atoms with Gasteiger partial charge >= 0.3 is 6.98 Å². The molecule has 4 heterocycles. The Morgan fingerprint density at radius 1 is 0.595 bits per heavy atom. The van der Waals surface area contributed by atoms with Gasteiger partial charge in [0.25, 0.3) is 0 Å². The topological polar surface area (TPSA) is 41.5 Å². The zero-order valence-corrected chi connectivity index (χ0v) is 23.4. The van der Waals surface area contributed by atoms with Gasteiger partial charge in [0.2, 0.25) is 0 Å². The number of aromatic nitrogens is 2. The Morgan fingerprint density at radius 3 is 2.24 bits per heavy atom. The third kappa shape index (κ3) is 3.80. The first-order valence-corrected chi connectivity index (χ1v) is 14.2. The molecule has 0 saturated heterocycles. The van der Waals surface area contributed by atoms with Crippen molar-refractivity contribution in [3.8, 4) is 33.9 Å². The summed E-state index contributed by atoms with van der Waals surface area (Å²) in [5.74, 6) is 2.48. The molecule has 200 valence electrons. The van der Waals surface area contributed by atoms with E-state index >= 15 is 0 Å². The van der Waals surface area contributed by atoms with Gasteiger partial charge in [-0.25, -0.2) is 4.98 Å². The number of anilines is 4. The molecular weight excluding hydrogens is 515 g/mol. The molecule has 5 nitrogen and oxygen atoms in total. The molecule has 0 atom stereocenters. The highest BCUT2D eigenvalue weighted by molar-refractivity contribution is 6.86. The van der Waals surface area contributed by atoms with Crippen LogP contribution in [0.2, 0.25) is 0 Å². The maximum Gasteiger partial charge on any atom is 0.422 e. The van der Waals surface area contributed by atoms with Crippen molar-refractivity contribution in [2.75, 3.05) is 9.62 Å². The van der Waals surface area contributed by atoms with Crippen molar-refractivity contribution in [3.63, 3.8) is 0 Å². The highest BCUT2D eigenvalue weighted by atomic mass is 16.5. The Balaban J connectivity index is 1.28. The summed E-state index contributed by atoms with van der Waals surface area (Å²) in [4.78, 5) is 14.3. The number of fused-ring (bicyclic) bond motifs is 8. The highest BCUT2D eigenvalue weighted by Gasteiger charge is 2.49. The number of nitrogens with zero attached hydrogens (tertiary/aromatic N) is 4. The lowest BCUT2D eigenvalue weighted by Gasteiger charge is -2.37. The molecule has 0 aliphatic carbocycles. The van der Waals surface area contributed by atoms with Gasteiger partial charge in [-0.3, -0.25) is 4.98 Å². The van der Waals surface area contributed by atoms with Crippen LogP contribution in [0.5, 0.6) is 11.5 Å². The number of aryl methyl sites for hydroxylation is 2. The van der Waals surface area contributed by atoms with Crippen LogP contribution in [0.3, 0.4) is 0 Å². The second kappa shape index (κ2) is 9.63. The van der Waals surface area contributed by atoms with Gasteiger partial charge in [-0.15, -0.1) is 0 Å². The van der Waals surface area contributed by atoms with E-state index in [4.69, 9.17) is 9.72 Å². The van der Waals surface area contributed by atoms with E-state index in [1.54, 1.807) is 0 Å². The molecule has 0 unspecified atom stereocenters. The van der Waals surface area contributed by atoms with Crippen molar-refractivity contribution < 1.29 is 4.74 Å². The lowest BCUT2D eigenvalue weighted by Crippen LogP contribution is -2.56. The van der Waals surface area contributed by atoms with Gasteiger partial charge < -0.3 is 14.4 Å². The van der Waals surface area contributed by atoms with E-state index in [9.17, 15) is 0 Å². The second-order valence-corrected chi connectivity index (χ2v) is 10.8. The average Bonchev–Trinajstić information content (AvgIpc) is 3.37. The number of pyridine rings is 2. The minimum absolute atomic E-state index is 0.0823. The fourth-order valence-electron chi connectivity index (χ4n) is 6.44. The van der Waals surface area contributed by atoms with Crippen LogP contribution >= 0.6 is 0 Å². The maximum atomic E-state index is 6.49. The third-order valence-corrected chi connectivity index (χ3v) is 8.21. The van der Waals surface area contributed by atoms with Crippen LogP contribution < -0.4 is 19.8 Å². The molecule has 0 bridgehead atoms. The summed E-state index contributed by atoms with van der Waals surface area (Å²) in [6.45, 7) is 4.30. The van der Waals surface area contributed by atoms with Gasteiger partial charge in [-0.05, 0) is 84.5 Å². The minimum Gasteiger partial charge on any atom is -0.457 e. The van der Waals surface area contributed by atoms with Crippen LogP contribution in [0.1, 0.15) is 11.1 Å². The van der Waals surface area contributed by atoms with Gasteiger partial charge in [0.05, 0.1) is 11.4 Å². The van der Waals surface area contributed by atoms with Crippen LogP contribution in [-0.2, 0) is 0 Å². The van der Waals surface area contributed by atoms with E-state index in [1.807, 2.05) is 54.9 Å². The fourth-order valence-corrected chi connectivity index (χ4v) is 6.44. The van der Waals surface area contributed by atoms with Crippen molar-refractivity contribution in [3.05, 3.63) is 139 Å². The van der Waals surface area contributed by atoms with Crippen LogP contribution in [0.4, 0.5) is 22.9 Å². The molecular formula is C36H27BN4O. The Hall–Kier alpha value is -5.36. The van der Waals surface area contributed by atoms with Crippen molar-refractivity contribution in [1.29, 1.82) is 0 Å². The molecule has 0 spiro atoms. The zero-order chi connectivity index (χ0) is 28.2. The Kier molecular flexibility index (Phi) is 5.61. The third-order valence-electron chi connectivity index (χ3n) is 8.21. The molecule has 0 saturated carbocycles. The largest absolute Gasteiger partial charge is 0.457 e. The molecule has 6 aromatic rings. The fraction of sp³-hybridized carbons (Fsp3) is 0.0556. The van der Waals surface area contributed by atoms with Crippen LogP contribution in [0.25, 0.3) is 22.4 Å². The van der Waals surface area contributed by atoms with E-state index in [0.717, 1.165) is 45.5 Å². The summed E-state index contributed by atoms with van der Waals surface area (Å²) in [7, 11) is 0. The SMILES string of the molecule is Cc1cccc(C)c1N1B2c3ccccc3-c3ccc(Oc4cccc(-c5ccccn5)c4)cc3N2c2ncccc21. The standard InChI is InChI=1S/C36H27BN4O/c1-24-10-7-11-25(2)35(24)40-33-17-9-21-39-36(33)41-34-23-28(18-19-30(34)29-14-3-4-15-31(29)37(40)41)42-27-13-8-12-26(22-27)32-16-5-6-20-38-32/h3-23H,1-2H3. The smallest absolute Gasteiger partial charge is 0.422 e. The van der Waals surface area contributed by atoms with E-state index in [-0.39, 0.29) is 6.98 Å². The predicted octanol–water partition coefficient (Wildman–Crippen LogP) is 8.22. The van der Waals surface area contributed by atoms with Crippen LogP contribution in [-0.4, -0.2) is 17.0 Å². The number of hydrogen-bond donors (Lipinski definition) is 0. The predicted molar refractivity (Wildman–Crippen MR) is 171 cm³/mol. The molecule has 2 aliphatic rings. The van der Waals surface area contributed by atoms with E-state index in [1.165, 1.54) is 27.8 Å². The monoisotopic (exact) mass is 542 g/mol. The van der Waals surface area contributed by atoms with Gasteiger partial charge in [0, 0.05) is 41.0 Å². The molecule has 0 fully saturated rings. The number of ether oxygens (including phenoxy) is 1. The van der Waals surface area contributed by atoms with Crippen molar-refractivity contribution in [2.45, 2.75) is 13.8 Å². The first kappa shape index (κ1) is 24.4. The first-order valence-electron chi connectivity index (χ1n) is 14.2. The molecule has 2 aliphatic heterocycles. The Bertz CT molecular complexity index is 1960. The van der Waals surface area contributed by atoms with Gasteiger partial charge in [0.1, 0.15) is 17.3 Å². The quantitative estimate of drug-likeness (QED) is 0.210. The van der Waals surface area contributed by atoms with E-state index in [2.05, 4.69) is 101 Å². The van der Waals surface area contributed by atoms with Gasteiger partial charge in [-0.2, -0.15) is 0 Å². The van der Waals surface area contributed by atoms with E-state index in [0.29, 0.717) is 0 Å². The van der Waals surface area contributed by atoms with Gasteiger partial charge in [-0.1, -0.05) is 60.7 Å². The summed E-state index contributed by atoms with van der Waals surface area (Å²) >= 11 is 0. The molecule has 42 heavy (non-hydrogen) atoms. The highest BCUT2D eigenvalue weighted by Crippen LogP contribution is 2.51. The minimum atomic E-state index is -0.0823. The summed E-state index contributed by atoms with van der Waals surface area (Å²) in [5, 5.41) is 0. The molecule has 0 amide bonds. The lowest BCUT2D eigenvalue weighted by molar-refractivity contribution is 0.483. The number of benzene rings is 4. The average molecular weight is 542 g/mol. The van der Waals surface area contributed by atoms with Crippen molar-refractivity contribution in [2.24, 2.45) is 0 Å². The summed E-state index contributed by atoms with van der Waals surface area (Å²) in [5.41, 5.74) is 11.4. The molecule has 6 heteroatoms. The normalized spacial score (nSPS) is 12.9. The van der Waals surface area contributed by atoms with Crippen molar-refractivity contribution in [1.82, 2.24) is 9.97 Å². The first-order chi connectivity index (χ1) is 20.7. The Morgan fingerprint density at radius 2 is 1.38 bits per heavy atom. The number of hydrogen-bond acceptors (Lipinski definition) is 5.